The van der Waals surface area contributed by atoms with Crippen LogP contribution in [0.25, 0.3) is 5.70 Å². The van der Waals surface area contributed by atoms with Crippen molar-refractivity contribution < 1.29 is 9.31 Å². The summed E-state index contributed by atoms with van der Waals surface area (Å²) in [5.41, 5.74) is 1.87. The molecule has 1 fully saturated rings. The monoisotopic (exact) mass is 447 g/mol. The first-order valence-electron chi connectivity index (χ1n) is 10.1. The number of aryl methyl sites for hydroxylation is 1. The normalized spacial score (nSPS) is 15.5. The van der Waals surface area contributed by atoms with E-state index in [1.165, 1.54) is 12.1 Å². The molecule has 2 aromatic rings. The van der Waals surface area contributed by atoms with E-state index >= 15 is 4.39 Å². The Hall–Kier alpha value is -2.71. The molecule has 2 heterocycles. The average molecular weight is 448 g/mol. The van der Waals surface area contributed by atoms with Gasteiger partial charge in [-0.1, -0.05) is 24.2 Å². The number of alkyl halides is 1. The molecule has 3 rings (SSSR count). The van der Waals surface area contributed by atoms with Crippen molar-refractivity contribution in [1.29, 1.82) is 0 Å². The third-order valence-electron chi connectivity index (χ3n) is 5.66. The zero-order valence-electron chi connectivity index (χ0n) is 17.8. The standard InChI is InChI=1S/C22H27ClFN5O2/c1-15-4-6-18(27-21(15)25-3)13-26-14-22(24)8-10-28(11-9-22)16(2)17-5-7-20(29(30)31)19(23)12-17/h4-7,12,26H,2,8-11,13-14H2,1,3H3,(H,25,27). The van der Waals surface area contributed by atoms with Gasteiger partial charge < -0.3 is 15.5 Å². The molecule has 31 heavy (non-hydrogen) atoms. The lowest BCUT2D eigenvalue weighted by Gasteiger charge is -2.38. The lowest BCUT2D eigenvalue weighted by atomic mass is 9.92. The average Bonchev–Trinajstić information content (AvgIpc) is 2.74. The molecule has 0 radical (unpaired) electrons. The number of halogens is 2. The first kappa shape index (κ1) is 23.0. The number of nitro benzene ring substituents is 1. The number of piperidine rings is 1. The summed E-state index contributed by atoms with van der Waals surface area (Å²) in [6, 6.07) is 8.47. The minimum Gasteiger partial charge on any atom is -0.373 e. The molecule has 0 amide bonds. The van der Waals surface area contributed by atoms with Crippen molar-refractivity contribution in [3.63, 3.8) is 0 Å². The maximum absolute atomic E-state index is 15.3. The van der Waals surface area contributed by atoms with Crippen LogP contribution in [0.15, 0.2) is 36.9 Å². The zero-order chi connectivity index (χ0) is 22.6. The quantitative estimate of drug-likeness (QED) is 0.456. The fourth-order valence-electron chi connectivity index (χ4n) is 3.71. The minimum atomic E-state index is -1.31. The fraction of sp³-hybridized carbons (Fsp3) is 0.409. The lowest BCUT2D eigenvalue weighted by molar-refractivity contribution is -0.384. The van der Waals surface area contributed by atoms with Crippen molar-refractivity contribution in [3.8, 4) is 0 Å². The number of nitro groups is 1. The van der Waals surface area contributed by atoms with Crippen LogP contribution in [0.2, 0.25) is 5.02 Å². The van der Waals surface area contributed by atoms with Crippen LogP contribution in [-0.2, 0) is 6.54 Å². The van der Waals surface area contributed by atoms with E-state index < -0.39 is 10.6 Å². The molecule has 0 atom stereocenters. The van der Waals surface area contributed by atoms with Gasteiger partial charge in [-0.3, -0.25) is 10.1 Å². The molecule has 0 bridgehead atoms. The van der Waals surface area contributed by atoms with E-state index in [9.17, 15) is 10.1 Å². The van der Waals surface area contributed by atoms with Crippen molar-refractivity contribution in [2.24, 2.45) is 0 Å². The molecule has 1 saturated heterocycles. The SMILES string of the molecule is C=C(c1ccc([N+](=O)[O-])c(Cl)c1)N1CCC(F)(CNCc2ccc(C)c(NC)n2)CC1. The molecular formula is C22H27ClFN5O2. The summed E-state index contributed by atoms with van der Waals surface area (Å²) in [4.78, 5) is 16.9. The van der Waals surface area contributed by atoms with Crippen LogP contribution in [-0.4, -0.2) is 47.2 Å². The van der Waals surface area contributed by atoms with E-state index in [1.54, 1.807) is 6.07 Å². The third-order valence-corrected chi connectivity index (χ3v) is 5.96. The second-order valence-corrected chi connectivity index (χ2v) is 8.24. The largest absolute Gasteiger partial charge is 0.373 e. The van der Waals surface area contributed by atoms with Gasteiger partial charge in [0.05, 0.1) is 10.6 Å². The summed E-state index contributed by atoms with van der Waals surface area (Å²) < 4.78 is 15.3. The third kappa shape index (κ3) is 5.51. The van der Waals surface area contributed by atoms with Crippen LogP contribution in [0, 0.1) is 17.0 Å². The number of aromatic nitrogens is 1. The Bertz CT molecular complexity index is 976. The maximum atomic E-state index is 15.3. The Morgan fingerprint density at radius 1 is 1.35 bits per heavy atom. The number of likely N-dealkylation sites (tertiary alicyclic amines) is 1. The summed E-state index contributed by atoms with van der Waals surface area (Å²) in [5, 5.41) is 17.2. The van der Waals surface area contributed by atoms with Gasteiger partial charge in [0.25, 0.3) is 5.69 Å². The van der Waals surface area contributed by atoms with Crippen LogP contribution in [0.5, 0.6) is 0 Å². The second kappa shape index (κ2) is 9.62. The van der Waals surface area contributed by atoms with E-state index in [1.807, 2.05) is 31.0 Å². The second-order valence-electron chi connectivity index (χ2n) is 7.83. The van der Waals surface area contributed by atoms with Gasteiger partial charge in [0, 0.05) is 57.8 Å². The Labute approximate surface area is 186 Å². The molecule has 0 unspecified atom stereocenters. The first-order valence-corrected chi connectivity index (χ1v) is 10.5. The lowest BCUT2D eigenvalue weighted by Crippen LogP contribution is -2.46. The molecule has 2 N–H and O–H groups in total. The molecule has 1 aromatic carbocycles. The first-order chi connectivity index (χ1) is 14.7. The number of anilines is 1. The number of nitrogens with zero attached hydrogens (tertiary/aromatic N) is 3. The zero-order valence-corrected chi connectivity index (χ0v) is 18.5. The maximum Gasteiger partial charge on any atom is 0.287 e. The van der Waals surface area contributed by atoms with E-state index in [-0.39, 0.29) is 17.3 Å². The molecule has 0 aliphatic carbocycles. The Morgan fingerprint density at radius 2 is 2.06 bits per heavy atom. The van der Waals surface area contributed by atoms with Gasteiger partial charge in [-0.2, -0.15) is 0 Å². The molecule has 166 valence electrons. The van der Waals surface area contributed by atoms with Crippen molar-refractivity contribution in [2.45, 2.75) is 32.0 Å². The van der Waals surface area contributed by atoms with Gasteiger partial charge in [-0.25, -0.2) is 9.37 Å². The van der Waals surface area contributed by atoms with E-state index in [0.29, 0.717) is 43.7 Å². The van der Waals surface area contributed by atoms with Crippen LogP contribution < -0.4 is 10.6 Å². The fourth-order valence-corrected chi connectivity index (χ4v) is 3.96. The summed E-state index contributed by atoms with van der Waals surface area (Å²) in [6.07, 6.45) is 0.728. The van der Waals surface area contributed by atoms with Crippen molar-refractivity contribution >= 4 is 28.8 Å². The number of hydrogen-bond donors (Lipinski definition) is 2. The highest BCUT2D eigenvalue weighted by molar-refractivity contribution is 6.32. The van der Waals surface area contributed by atoms with Crippen LogP contribution in [0.3, 0.4) is 0 Å². The van der Waals surface area contributed by atoms with Crippen molar-refractivity contribution in [3.05, 3.63) is 68.9 Å². The molecule has 1 aromatic heterocycles. The van der Waals surface area contributed by atoms with Gasteiger partial charge >= 0.3 is 0 Å². The summed E-state index contributed by atoms with van der Waals surface area (Å²) in [5.74, 6) is 0.826. The van der Waals surface area contributed by atoms with Crippen LogP contribution >= 0.6 is 11.6 Å². The molecular weight excluding hydrogens is 421 g/mol. The topological polar surface area (TPSA) is 83.3 Å². The molecule has 7 nitrogen and oxygen atoms in total. The van der Waals surface area contributed by atoms with Crippen molar-refractivity contribution in [1.82, 2.24) is 15.2 Å². The molecule has 1 aliphatic rings. The number of hydrogen-bond acceptors (Lipinski definition) is 6. The smallest absolute Gasteiger partial charge is 0.287 e. The summed E-state index contributed by atoms with van der Waals surface area (Å²) >= 11 is 6.01. The van der Waals surface area contributed by atoms with Gasteiger partial charge in [0.2, 0.25) is 0 Å². The van der Waals surface area contributed by atoms with Crippen LogP contribution in [0.4, 0.5) is 15.9 Å². The van der Waals surface area contributed by atoms with E-state index in [4.69, 9.17) is 11.6 Å². The number of pyridine rings is 1. The Balaban J connectivity index is 1.52. The molecule has 0 spiro atoms. The summed E-state index contributed by atoms with van der Waals surface area (Å²) in [6.45, 7) is 7.84. The van der Waals surface area contributed by atoms with E-state index in [2.05, 4.69) is 22.2 Å². The predicted octanol–water partition coefficient (Wildman–Crippen LogP) is 4.56. The van der Waals surface area contributed by atoms with Crippen LogP contribution in [0.1, 0.15) is 29.7 Å². The molecule has 0 saturated carbocycles. The van der Waals surface area contributed by atoms with Gasteiger partial charge in [0.1, 0.15) is 16.5 Å². The highest BCUT2D eigenvalue weighted by Crippen LogP contribution is 2.33. The number of benzene rings is 1. The number of nitrogens with one attached hydrogen (secondary N) is 2. The van der Waals surface area contributed by atoms with Gasteiger partial charge in [0.15, 0.2) is 0 Å². The minimum absolute atomic E-state index is 0.0656. The summed E-state index contributed by atoms with van der Waals surface area (Å²) in [7, 11) is 1.83. The highest BCUT2D eigenvalue weighted by atomic mass is 35.5. The molecule has 9 heteroatoms. The molecule has 1 aliphatic heterocycles. The highest BCUT2D eigenvalue weighted by Gasteiger charge is 2.34. The van der Waals surface area contributed by atoms with E-state index in [0.717, 1.165) is 17.1 Å². The predicted molar refractivity (Wildman–Crippen MR) is 122 cm³/mol. The Morgan fingerprint density at radius 3 is 2.68 bits per heavy atom. The van der Waals surface area contributed by atoms with Crippen molar-refractivity contribution in [2.75, 3.05) is 32.0 Å². The Kier molecular flexibility index (Phi) is 7.12. The van der Waals surface area contributed by atoms with Gasteiger partial charge in [-0.05, 0) is 36.2 Å². The number of rotatable bonds is 8. The van der Waals surface area contributed by atoms with Gasteiger partial charge in [-0.15, -0.1) is 0 Å².